The van der Waals surface area contributed by atoms with Crippen LogP contribution in [0.2, 0.25) is 0 Å². The Balaban J connectivity index is 0.000000184. The third kappa shape index (κ3) is 11.4. The van der Waals surface area contributed by atoms with E-state index in [4.69, 9.17) is 4.84 Å². The van der Waals surface area contributed by atoms with Crippen molar-refractivity contribution >= 4 is 11.7 Å². The maximum Gasteiger partial charge on any atom is 1.00 e. The van der Waals surface area contributed by atoms with Gasteiger partial charge in [-0.3, -0.25) is 14.4 Å². The number of rotatable bonds is 10. The number of Topliss-reactive ketones (excluding diaryl/α,β-unsaturated/α-hetero) is 1. The van der Waals surface area contributed by atoms with E-state index in [1.807, 2.05) is 74.5 Å². The molecule has 386 valence electrons. The number of carbonyl (C=O) groups excluding carboxylic acids is 2. The van der Waals surface area contributed by atoms with Crippen LogP contribution in [0.25, 0.3) is 0 Å². The number of fused-ring (bicyclic) bond motifs is 10. The quantitative estimate of drug-likeness (QED) is 0.0814. The number of aliphatic hydroxyl groups is 2. The maximum atomic E-state index is 12.7. The first-order chi connectivity index (χ1) is 33.2. The summed E-state index contributed by atoms with van der Waals surface area (Å²) in [5, 5.41) is 22.7. The molecule has 0 aliphatic heterocycles. The van der Waals surface area contributed by atoms with E-state index >= 15 is 0 Å². The molecule has 71 heavy (non-hydrogen) atoms. The normalized spacial score (nSPS) is 40.5. The van der Waals surface area contributed by atoms with Gasteiger partial charge in [-0.05, 0) is 210 Å². The molecule has 0 unspecified atom stereocenters. The van der Waals surface area contributed by atoms with Crippen LogP contribution in [0.3, 0.4) is 0 Å². The third-order valence-electron chi connectivity index (χ3n) is 22.2. The van der Waals surface area contributed by atoms with Crippen LogP contribution in [0.1, 0.15) is 194 Å². The number of hydrogen-bond donors (Lipinski definition) is 2. The van der Waals surface area contributed by atoms with Crippen LogP contribution in [0.15, 0.2) is 84.0 Å². The Bertz CT molecular complexity index is 2140. The van der Waals surface area contributed by atoms with Crippen LogP contribution in [-0.4, -0.2) is 52.3 Å². The average Bonchev–Trinajstić information content (AvgIpc) is 3.90. The fourth-order valence-corrected chi connectivity index (χ4v) is 18.0. The van der Waals surface area contributed by atoms with Crippen molar-refractivity contribution in [2.45, 2.75) is 195 Å². The van der Waals surface area contributed by atoms with Gasteiger partial charge in [0.25, 0.3) is 0 Å². The summed E-state index contributed by atoms with van der Waals surface area (Å²) in [5.41, 5.74) is 4.41. The molecule has 1 amide bonds. The predicted octanol–water partition coefficient (Wildman–Crippen LogP) is 11.9. The number of nitrogens with zero attached hydrogens (tertiary/aromatic N) is 1. The molecule has 6 saturated carbocycles. The Labute approximate surface area is 443 Å². The van der Waals surface area contributed by atoms with Crippen LogP contribution < -0.4 is 18.9 Å². The molecule has 0 spiro atoms. The van der Waals surface area contributed by atoms with Crippen LogP contribution in [0.5, 0.6) is 0 Å². The van der Waals surface area contributed by atoms with Gasteiger partial charge >= 0.3 is 18.9 Å². The molecule has 2 N–H and O–H groups in total. The Morgan fingerprint density at radius 1 is 0.634 bits per heavy atom. The predicted molar refractivity (Wildman–Crippen MR) is 284 cm³/mol. The van der Waals surface area contributed by atoms with Crippen LogP contribution >= 0.6 is 0 Å². The number of hydroxylamine groups is 2. The number of benzene rings is 2. The zero-order valence-corrected chi connectivity index (χ0v) is 46.4. The first-order valence-electron chi connectivity index (χ1n) is 28.3. The molecule has 6 nitrogen and oxygen atoms in total. The van der Waals surface area contributed by atoms with Gasteiger partial charge in [-0.25, -0.2) is 5.06 Å². The molecule has 0 aromatic heterocycles. The third-order valence-corrected chi connectivity index (χ3v) is 22.2. The summed E-state index contributed by atoms with van der Waals surface area (Å²) in [6.07, 6.45) is 27.5. The van der Waals surface area contributed by atoms with Gasteiger partial charge < -0.3 is 10.2 Å². The molecule has 6 fully saturated rings. The van der Waals surface area contributed by atoms with Crippen molar-refractivity contribution in [2.75, 3.05) is 14.2 Å². The second-order valence-corrected chi connectivity index (χ2v) is 26.3. The van der Waals surface area contributed by atoms with Crippen molar-refractivity contribution < 1.29 is 43.5 Å². The molecule has 7 heteroatoms. The number of allylic oxidation sites excluding steroid dienone is 2. The minimum absolute atomic E-state index is 0. The zero-order valence-electron chi connectivity index (χ0n) is 46.4. The van der Waals surface area contributed by atoms with Gasteiger partial charge in [0.15, 0.2) is 5.78 Å². The fraction of sp³-hybridized carbons (Fsp3) is 0.719. The molecule has 0 radical (unpaired) electrons. The van der Waals surface area contributed by atoms with Crippen molar-refractivity contribution in [2.24, 2.45) is 80.8 Å². The van der Waals surface area contributed by atoms with E-state index in [0.717, 1.165) is 104 Å². The molecule has 16 atom stereocenters. The molecule has 10 rings (SSSR count). The molecule has 0 bridgehead atoms. The van der Waals surface area contributed by atoms with Crippen molar-refractivity contribution in [3.05, 3.63) is 95.6 Å². The smallest absolute Gasteiger partial charge is 0.390 e. The van der Waals surface area contributed by atoms with E-state index in [-0.39, 0.29) is 24.8 Å². The van der Waals surface area contributed by atoms with Crippen LogP contribution in [-0.2, 0) is 9.63 Å². The molecule has 0 heterocycles. The van der Waals surface area contributed by atoms with E-state index in [1.165, 1.54) is 69.3 Å². The van der Waals surface area contributed by atoms with Crippen molar-refractivity contribution in [3.8, 4) is 0 Å². The van der Waals surface area contributed by atoms with Gasteiger partial charge in [0.05, 0.1) is 18.3 Å². The fourth-order valence-electron chi connectivity index (χ4n) is 18.0. The zero-order chi connectivity index (χ0) is 50.3. The van der Waals surface area contributed by atoms with Gasteiger partial charge in [-0.15, -0.1) is 0 Å². The minimum atomic E-state index is -0.510. The molecule has 2 aromatic carbocycles. The largest absolute Gasteiger partial charge is 1.00 e. The Hall–Kier alpha value is -2.46. The van der Waals surface area contributed by atoms with Crippen molar-refractivity contribution in [1.82, 2.24) is 5.06 Å². The Morgan fingerprint density at radius 2 is 1.08 bits per heavy atom. The van der Waals surface area contributed by atoms with Crippen molar-refractivity contribution in [1.29, 1.82) is 0 Å². The maximum absolute atomic E-state index is 12.7. The van der Waals surface area contributed by atoms with Crippen LogP contribution in [0.4, 0.5) is 0 Å². The summed E-state index contributed by atoms with van der Waals surface area (Å²) in [5.74, 6) is 7.88. The SMILES string of the molecule is CON(C)C(=O)CC[C@@H](C)[C@H]1CC[C@H]2[C@@H]3CC=C4C[C@@](C)(O)CC[C@]4(C)[C@H]3CC[C@]12C.C[C@H](CCC(=O)c1ccccc1)[C@H]1CC[C@H]2[C@@H]3CC=C4C[C@@](C)(O)CC[C@]4(C)[C@H]3CC[C@]12C.[Li+].[c-]1ccccc1. The van der Waals surface area contributed by atoms with Gasteiger partial charge in [0.1, 0.15) is 0 Å². The van der Waals surface area contributed by atoms with Crippen molar-refractivity contribution in [3.63, 3.8) is 0 Å². The minimum Gasteiger partial charge on any atom is -0.390 e. The van der Waals surface area contributed by atoms with E-state index in [1.54, 1.807) is 25.3 Å². The Morgan fingerprint density at radius 3 is 1.51 bits per heavy atom. The Kier molecular flexibility index (Phi) is 17.8. The van der Waals surface area contributed by atoms with Crippen LogP contribution in [0, 0.1) is 86.9 Å². The summed E-state index contributed by atoms with van der Waals surface area (Å²) in [6.45, 7) is 19.1. The summed E-state index contributed by atoms with van der Waals surface area (Å²) in [6, 6.07) is 22.3. The van der Waals surface area contributed by atoms with E-state index < -0.39 is 11.2 Å². The van der Waals surface area contributed by atoms with E-state index in [2.05, 4.69) is 59.8 Å². The van der Waals surface area contributed by atoms with Gasteiger partial charge in [0.2, 0.25) is 5.91 Å². The molecular formula is C64H94LiNO5. The molecular weight excluding hydrogens is 870 g/mol. The molecule has 8 aliphatic carbocycles. The molecule has 8 aliphatic rings. The second kappa shape index (κ2) is 22.4. The summed E-state index contributed by atoms with van der Waals surface area (Å²) in [7, 11) is 3.26. The molecule has 0 saturated heterocycles. The summed E-state index contributed by atoms with van der Waals surface area (Å²) in [4.78, 5) is 30.0. The first-order valence-corrected chi connectivity index (χ1v) is 28.3. The number of carbonyl (C=O) groups is 2. The standard InChI is InChI=1S/C31H44O2.C27H45NO3.C6H5.Li/c1-21(10-15-28(32)22-8-6-5-7-9-22)25-13-14-26-24-12-11-23-20-29(2,33)18-19-30(23,3)27(24)16-17-31(25,26)4;1-18(7-12-24(29)28(5)31-6)21-10-11-22-20-9-8-19-17-25(2,30)15-16-26(19,3)23(20)13-14-27(21,22)4;1-2-4-6-5-3-1;/h5-9,11,21,24-27,33H,10,12-20H2,1-4H3;8,18,20-23,30H,7,9-17H2,1-6H3;1-5H;/q;;-1;+1/t21-,24+,25-,26+,27+,29+,30+,31-;18-,20+,21-,22+,23+,25+,26+,27-;;/m11../s1. The number of hydrogen-bond acceptors (Lipinski definition) is 5. The summed E-state index contributed by atoms with van der Waals surface area (Å²) < 4.78 is 0. The second-order valence-electron chi connectivity index (χ2n) is 26.3. The number of ketones is 1. The molecule has 2 aromatic rings. The average molecular weight is 964 g/mol. The number of amides is 1. The van der Waals surface area contributed by atoms with Gasteiger partial charge in [-0.1, -0.05) is 95.2 Å². The monoisotopic (exact) mass is 964 g/mol. The van der Waals surface area contributed by atoms with E-state index in [9.17, 15) is 19.8 Å². The van der Waals surface area contributed by atoms with E-state index in [0.29, 0.717) is 52.1 Å². The first kappa shape index (κ1) is 56.3. The van der Waals surface area contributed by atoms with Gasteiger partial charge in [-0.2, -0.15) is 36.4 Å². The topological polar surface area (TPSA) is 87.1 Å². The van der Waals surface area contributed by atoms with Gasteiger partial charge in [0, 0.05) is 25.5 Å². The summed E-state index contributed by atoms with van der Waals surface area (Å²) >= 11 is 0.